The van der Waals surface area contributed by atoms with Crippen molar-refractivity contribution in [3.8, 4) is 11.5 Å². The van der Waals surface area contributed by atoms with Gasteiger partial charge in [0.25, 0.3) is 0 Å². The molecule has 0 fully saturated rings. The first kappa shape index (κ1) is 15.8. The summed E-state index contributed by atoms with van der Waals surface area (Å²) in [7, 11) is 3.18. The van der Waals surface area contributed by atoms with E-state index < -0.39 is 5.97 Å². The molecule has 3 rings (SSSR count). The van der Waals surface area contributed by atoms with E-state index in [-0.39, 0.29) is 11.6 Å². The van der Waals surface area contributed by atoms with Crippen molar-refractivity contribution in [2.75, 3.05) is 14.2 Å². The molecule has 0 radical (unpaired) electrons. The average Bonchev–Trinajstić information content (AvgIpc) is 2.96. The van der Waals surface area contributed by atoms with E-state index in [0.717, 1.165) is 16.9 Å². The van der Waals surface area contributed by atoms with Crippen LogP contribution in [0, 0.1) is 6.92 Å². The highest BCUT2D eigenvalue weighted by molar-refractivity contribution is 6.13. The van der Waals surface area contributed by atoms with Gasteiger partial charge in [-0.1, -0.05) is 11.6 Å². The van der Waals surface area contributed by atoms with E-state index in [4.69, 9.17) is 14.2 Å². The summed E-state index contributed by atoms with van der Waals surface area (Å²) in [5.41, 5.74) is 2.80. The number of benzene rings is 2. The molecule has 5 nitrogen and oxygen atoms in total. The van der Waals surface area contributed by atoms with Crippen molar-refractivity contribution in [1.29, 1.82) is 0 Å². The Morgan fingerprint density at radius 3 is 2.46 bits per heavy atom. The van der Waals surface area contributed by atoms with Crippen molar-refractivity contribution < 1.29 is 19.0 Å². The lowest BCUT2D eigenvalue weighted by Crippen LogP contribution is -2.05. The molecular weight excluding hydrogens is 306 g/mol. The topological polar surface area (TPSA) is 57.1 Å². The van der Waals surface area contributed by atoms with E-state index in [2.05, 4.69) is 4.99 Å². The van der Waals surface area contributed by atoms with Crippen LogP contribution in [0.5, 0.6) is 11.5 Å². The normalized spacial score (nSPS) is 15.2. The Hall–Kier alpha value is -3.08. The van der Waals surface area contributed by atoms with E-state index in [9.17, 15) is 4.79 Å². The van der Waals surface area contributed by atoms with Crippen molar-refractivity contribution in [3.05, 3.63) is 64.9 Å². The van der Waals surface area contributed by atoms with Gasteiger partial charge in [-0.2, -0.15) is 0 Å². The Kier molecular flexibility index (Phi) is 4.33. The summed E-state index contributed by atoms with van der Waals surface area (Å²) in [6.45, 7) is 1.97. The molecule has 0 spiro atoms. The van der Waals surface area contributed by atoms with Crippen LogP contribution < -0.4 is 9.47 Å². The predicted octanol–water partition coefficient (Wildman–Crippen LogP) is 3.36. The lowest BCUT2D eigenvalue weighted by molar-refractivity contribution is -0.129. The summed E-state index contributed by atoms with van der Waals surface area (Å²) in [4.78, 5) is 16.4. The van der Waals surface area contributed by atoms with Crippen molar-refractivity contribution >= 4 is 17.9 Å². The number of esters is 1. The lowest BCUT2D eigenvalue weighted by Gasteiger charge is -2.05. The molecule has 0 aliphatic carbocycles. The van der Waals surface area contributed by atoms with Crippen LogP contribution in [0.2, 0.25) is 0 Å². The first-order valence-electron chi connectivity index (χ1n) is 7.42. The quantitative estimate of drug-likeness (QED) is 0.639. The van der Waals surface area contributed by atoms with Crippen molar-refractivity contribution in [1.82, 2.24) is 0 Å². The zero-order valence-corrected chi connectivity index (χ0v) is 13.7. The SMILES string of the molecule is COc1ccc(C2=N/C(=C/c3cc(C)ccc3OC)C(=O)O2)cc1. The largest absolute Gasteiger partial charge is 0.497 e. The number of aliphatic imine (C=N–C) groups is 1. The van der Waals surface area contributed by atoms with Gasteiger partial charge in [0.2, 0.25) is 5.90 Å². The Bertz CT molecular complexity index is 835. The Labute approximate surface area is 140 Å². The van der Waals surface area contributed by atoms with Gasteiger partial charge < -0.3 is 14.2 Å². The molecule has 0 aromatic heterocycles. The zero-order valence-electron chi connectivity index (χ0n) is 13.7. The van der Waals surface area contributed by atoms with Crippen LogP contribution in [0.3, 0.4) is 0 Å². The Morgan fingerprint density at radius 1 is 1.04 bits per heavy atom. The number of carbonyl (C=O) groups is 1. The van der Waals surface area contributed by atoms with E-state index in [1.54, 1.807) is 44.6 Å². The molecule has 1 heterocycles. The molecule has 0 saturated heterocycles. The van der Waals surface area contributed by atoms with Gasteiger partial charge in [0.1, 0.15) is 11.5 Å². The second-order valence-corrected chi connectivity index (χ2v) is 5.31. The van der Waals surface area contributed by atoms with Gasteiger partial charge in [0.05, 0.1) is 14.2 Å². The number of hydrogen-bond donors (Lipinski definition) is 0. The maximum absolute atomic E-state index is 12.1. The van der Waals surface area contributed by atoms with Crippen molar-refractivity contribution in [2.24, 2.45) is 4.99 Å². The van der Waals surface area contributed by atoms with E-state index in [1.165, 1.54) is 0 Å². The molecule has 24 heavy (non-hydrogen) atoms. The number of ether oxygens (including phenoxy) is 3. The average molecular weight is 323 g/mol. The predicted molar refractivity (Wildman–Crippen MR) is 91.3 cm³/mol. The van der Waals surface area contributed by atoms with Crippen LogP contribution in [0.4, 0.5) is 0 Å². The van der Waals surface area contributed by atoms with Crippen LogP contribution in [-0.2, 0) is 9.53 Å². The minimum absolute atomic E-state index is 0.240. The monoisotopic (exact) mass is 323 g/mol. The number of carbonyl (C=O) groups excluding carboxylic acids is 1. The maximum Gasteiger partial charge on any atom is 0.363 e. The van der Waals surface area contributed by atoms with Crippen LogP contribution in [0.15, 0.2) is 53.2 Å². The highest BCUT2D eigenvalue weighted by Crippen LogP contribution is 2.26. The number of nitrogens with zero attached hydrogens (tertiary/aromatic N) is 1. The van der Waals surface area contributed by atoms with Crippen molar-refractivity contribution in [2.45, 2.75) is 6.92 Å². The van der Waals surface area contributed by atoms with E-state index in [1.807, 2.05) is 25.1 Å². The summed E-state index contributed by atoms with van der Waals surface area (Å²) in [5.74, 6) is 1.20. The van der Waals surface area contributed by atoms with E-state index in [0.29, 0.717) is 11.3 Å². The molecule has 0 saturated carbocycles. The van der Waals surface area contributed by atoms with Gasteiger partial charge in [-0.15, -0.1) is 0 Å². The Morgan fingerprint density at radius 2 is 1.79 bits per heavy atom. The Balaban J connectivity index is 1.95. The highest BCUT2D eigenvalue weighted by atomic mass is 16.6. The summed E-state index contributed by atoms with van der Waals surface area (Å²) < 4.78 is 15.7. The minimum atomic E-state index is -0.482. The molecule has 0 unspecified atom stereocenters. The molecule has 2 aromatic rings. The molecule has 0 atom stereocenters. The molecule has 2 aromatic carbocycles. The van der Waals surface area contributed by atoms with Crippen LogP contribution in [-0.4, -0.2) is 26.1 Å². The summed E-state index contributed by atoms with van der Waals surface area (Å²) in [6.07, 6.45) is 1.67. The minimum Gasteiger partial charge on any atom is -0.497 e. The zero-order chi connectivity index (χ0) is 17.1. The number of hydrogen-bond acceptors (Lipinski definition) is 5. The number of rotatable bonds is 4. The van der Waals surface area contributed by atoms with Gasteiger partial charge in [-0.25, -0.2) is 9.79 Å². The van der Waals surface area contributed by atoms with E-state index >= 15 is 0 Å². The van der Waals surface area contributed by atoms with Gasteiger partial charge in [-0.3, -0.25) is 0 Å². The van der Waals surface area contributed by atoms with Gasteiger partial charge in [0, 0.05) is 11.1 Å². The maximum atomic E-state index is 12.1. The molecule has 0 bridgehead atoms. The second kappa shape index (κ2) is 6.58. The first-order valence-corrected chi connectivity index (χ1v) is 7.42. The molecular formula is C19H17NO4. The lowest BCUT2D eigenvalue weighted by atomic mass is 10.1. The van der Waals surface area contributed by atoms with Crippen molar-refractivity contribution in [3.63, 3.8) is 0 Å². The fraction of sp³-hybridized carbons (Fsp3) is 0.158. The number of cyclic esters (lactones) is 1. The third kappa shape index (κ3) is 3.15. The third-order valence-electron chi connectivity index (χ3n) is 3.63. The van der Waals surface area contributed by atoms with Crippen LogP contribution >= 0.6 is 0 Å². The number of aryl methyl sites for hydroxylation is 1. The third-order valence-corrected chi connectivity index (χ3v) is 3.63. The fourth-order valence-electron chi connectivity index (χ4n) is 2.38. The molecule has 122 valence electrons. The van der Waals surface area contributed by atoms with Gasteiger partial charge in [0.15, 0.2) is 5.70 Å². The van der Waals surface area contributed by atoms with Crippen LogP contribution in [0.25, 0.3) is 6.08 Å². The summed E-state index contributed by atoms with van der Waals surface area (Å²) in [5, 5.41) is 0. The fourth-order valence-corrected chi connectivity index (χ4v) is 2.38. The van der Waals surface area contributed by atoms with Gasteiger partial charge >= 0.3 is 5.97 Å². The van der Waals surface area contributed by atoms with Crippen LogP contribution in [0.1, 0.15) is 16.7 Å². The molecule has 0 amide bonds. The standard InChI is InChI=1S/C19H17NO4/c1-12-4-9-17(23-3)14(10-12)11-16-19(21)24-18(20-16)13-5-7-15(22-2)8-6-13/h4-11H,1-3H3/b16-11+. The molecule has 0 N–H and O–H groups in total. The molecule has 1 aliphatic rings. The number of methoxy groups -OCH3 is 2. The van der Waals surface area contributed by atoms with Gasteiger partial charge in [-0.05, 0) is 49.4 Å². The summed E-state index contributed by atoms with van der Waals surface area (Å²) in [6, 6.07) is 12.9. The second-order valence-electron chi connectivity index (χ2n) is 5.31. The summed E-state index contributed by atoms with van der Waals surface area (Å²) >= 11 is 0. The molecule has 1 aliphatic heterocycles. The highest BCUT2D eigenvalue weighted by Gasteiger charge is 2.24. The molecule has 5 heteroatoms. The first-order chi connectivity index (χ1) is 11.6. The smallest absolute Gasteiger partial charge is 0.363 e.